The van der Waals surface area contributed by atoms with E-state index in [1.165, 1.54) is 54.7 Å². The average Bonchev–Trinajstić information content (AvgIpc) is 3.24. The summed E-state index contributed by atoms with van der Waals surface area (Å²) in [5.41, 5.74) is 15.1. The van der Waals surface area contributed by atoms with Crippen molar-refractivity contribution in [2.45, 2.75) is 0 Å². The monoisotopic (exact) mass is 700 g/mol. The third kappa shape index (κ3) is 3.81. The summed E-state index contributed by atoms with van der Waals surface area (Å²) in [7, 11) is 0. The van der Waals surface area contributed by atoms with Crippen LogP contribution in [0.5, 0.6) is 23.0 Å². The van der Waals surface area contributed by atoms with Gasteiger partial charge in [-0.2, -0.15) is 0 Å². The number of fused-ring (bicyclic) bond motifs is 10. The minimum absolute atomic E-state index is 0.128. The number of benzene rings is 9. The van der Waals surface area contributed by atoms with Gasteiger partial charge in [-0.3, -0.25) is 0 Å². The molecule has 0 saturated carbocycles. The van der Waals surface area contributed by atoms with Crippen molar-refractivity contribution in [3.05, 3.63) is 176 Å². The van der Waals surface area contributed by atoms with E-state index in [9.17, 15) is 0 Å². The van der Waals surface area contributed by atoms with E-state index in [4.69, 9.17) is 9.47 Å². The lowest BCUT2D eigenvalue weighted by molar-refractivity contribution is 0.465. The predicted molar refractivity (Wildman–Crippen MR) is 226 cm³/mol. The quantitative estimate of drug-likeness (QED) is 0.168. The number of para-hydroxylation sites is 4. The Kier molecular flexibility index (Phi) is 5.68. The van der Waals surface area contributed by atoms with E-state index in [0.717, 1.165) is 62.6 Å². The molecule has 55 heavy (non-hydrogen) atoms. The first-order valence-corrected chi connectivity index (χ1v) is 18.9. The normalized spacial score (nSPS) is 13.6. The molecule has 5 heteroatoms. The van der Waals surface area contributed by atoms with E-state index in [-0.39, 0.29) is 6.71 Å². The maximum absolute atomic E-state index is 7.02. The molecule has 0 fully saturated rings. The van der Waals surface area contributed by atoms with Crippen LogP contribution < -0.4 is 35.7 Å². The lowest BCUT2D eigenvalue weighted by atomic mass is 9.33. The largest absolute Gasteiger partial charge is 0.458 e. The van der Waals surface area contributed by atoms with Gasteiger partial charge in [0.1, 0.15) is 23.0 Å². The minimum Gasteiger partial charge on any atom is -0.458 e. The molecule has 0 amide bonds. The molecular formula is C50H29BN2O2. The van der Waals surface area contributed by atoms with Crippen molar-refractivity contribution in [2.75, 3.05) is 9.80 Å². The standard InChI is InChI=1S/C50H29BN2O2/c1-3-14-30(15-4-1)52-38-24-9-7-18-32(38)34-20-11-22-36-46(34)40(52)28-44-48(36)51-49-37-23-12-21-35-33-19-8-10-25-39(33)53(31-16-5-2-6-17-31)41(47(35)37)29-45(49)55-43-27-13-26-42(54-44)50(43)51/h1-29H. The molecule has 0 radical (unpaired) electrons. The molecule has 0 bridgehead atoms. The Morgan fingerprint density at radius 3 is 1.24 bits per heavy atom. The van der Waals surface area contributed by atoms with Crippen molar-refractivity contribution in [3.63, 3.8) is 0 Å². The van der Waals surface area contributed by atoms with Crippen LogP contribution in [0.1, 0.15) is 0 Å². The molecule has 13 rings (SSSR count). The van der Waals surface area contributed by atoms with Crippen molar-refractivity contribution in [1.29, 1.82) is 0 Å². The first-order valence-electron chi connectivity index (χ1n) is 18.9. The zero-order valence-corrected chi connectivity index (χ0v) is 29.5. The number of rotatable bonds is 2. The fourth-order valence-corrected chi connectivity index (χ4v) is 9.90. The molecule has 0 aliphatic carbocycles. The second-order valence-corrected chi connectivity index (χ2v) is 14.8. The van der Waals surface area contributed by atoms with Gasteiger partial charge in [-0.05, 0) is 81.4 Å². The second kappa shape index (κ2) is 10.7. The molecule has 0 saturated heterocycles. The van der Waals surface area contributed by atoms with E-state index < -0.39 is 0 Å². The molecule has 4 heterocycles. The molecule has 9 aromatic rings. The second-order valence-electron chi connectivity index (χ2n) is 14.8. The molecule has 0 unspecified atom stereocenters. The third-order valence-electron chi connectivity index (χ3n) is 12.0. The van der Waals surface area contributed by atoms with Crippen molar-refractivity contribution in [2.24, 2.45) is 0 Å². The minimum atomic E-state index is -0.128. The lowest BCUT2D eigenvalue weighted by Gasteiger charge is -2.39. The first-order chi connectivity index (χ1) is 27.3. The van der Waals surface area contributed by atoms with Crippen molar-refractivity contribution in [1.82, 2.24) is 0 Å². The van der Waals surface area contributed by atoms with Crippen LogP contribution in [0.3, 0.4) is 0 Å². The Labute approximate surface area is 318 Å². The Hall–Kier alpha value is -7.24. The van der Waals surface area contributed by atoms with Gasteiger partial charge >= 0.3 is 0 Å². The summed E-state index contributed by atoms with van der Waals surface area (Å²) in [5.74, 6) is 3.42. The molecule has 4 aliphatic heterocycles. The topological polar surface area (TPSA) is 24.9 Å². The van der Waals surface area contributed by atoms with Crippen molar-refractivity contribution >= 4 is 78.8 Å². The van der Waals surface area contributed by atoms with Crippen LogP contribution in [0.2, 0.25) is 0 Å². The molecule has 9 aromatic carbocycles. The first kappa shape index (κ1) is 29.2. The van der Waals surface area contributed by atoms with Crippen LogP contribution in [0.25, 0.3) is 43.8 Å². The van der Waals surface area contributed by atoms with E-state index in [1.54, 1.807) is 0 Å². The van der Waals surface area contributed by atoms with Gasteiger partial charge in [0, 0.05) is 50.9 Å². The lowest BCUT2D eigenvalue weighted by Crippen LogP contribution is -2.58. The smallest absolute Gasteiger partial charge is 0.262 e. The van der Waals surface area contributed by atoms with E-state index in [2.05, 4.69) is 180 Å². The molecule has 254 valence electrons. The Morgan fingerprint density at radius 2 is 0.745 bits per heavy atom. The van der Waals surface area contributed by atoms with Crippen LogP contribution in [0, 0.1) is 0 Å². The summed E-state index contributed by atoms with van der Waals surface area (Å²) in [6.45, 7) is -0.128. The van der Waals surface area contributed by atoms with Crippen LogP contribution in [-0.4, -0.2) is 6.71 Å². The van der Waals surface area contributed by atoms with Crippen molar-refractivity contribution in [3.8, 4) is 45.3 Å². The summed E-state index contributed by atoms with van der Waals surface area (Å²) in [5, 5.41) is 4.84. The molecule has 0 aromatic heterocycles. The number of ether oxygens (including phenoxy) is 2. The summed E-state index contributed by atoms with van der Waals surface area (Å²) in [6.07, 6.45) is 0. The molecular weight excluding hydrogens is 671 g/mol. The molecule has 4 nitrogen and oxygen atoms in total. The fraction of sp³-hybridized carbons (Fsp3) is 0. The third-order valence-corrected chi connectivity index (χ3v) is 12.0. The Bertz CT molecular complexity index is 2920. The van der Waals surface area contributed by atoms with Gasteiger partial charge in [-0.1, -0.05) is 115 Å². The highest BCUT2D eigenvalue weighted by molar-refractivity contribution is 7.01. The van der Waals surface area contributed by atoms with Crippen LogP contribution >= 0.6 is 0 Å². The molecule has 0 atom stereocenters. The number of anilines is 6. The number of nitrogens with zero attached hydrogens (tertiary/aromatic N) is 2. The van der Waals surface area contributed by atoms with Gasteiger partial charge in [0.2, 0.25) is 0 Å². The van der Waals surface area contributed by atoms with E-state index in [1.807, 2.05) is 6.07 Å². The molecule has 0 N–H and O–H groups in total. The van der Waals surface area contributed by atoms with E-state index in [0.29, 0.717) is 0 Å². The molecule has 4 aliphatic rings. The van der Waals surface area contributed by atoms with Crippen LogP contribution in [0.15, 0.2) is 176 Å². The van der Waals surface area contributed by atoms with Crippen LogP contribution in [-0.2, 0) is 0 Å². The van der Waals surface area contributed by atoms with Gasteiger partial charge < -0.3 is 19.3 Å². The SMILES string of the molecule is c1ccc(N2c3ccccc3-c3cccc4c5c(cc2c34)Oc2cccc3c2B5c2c(cc4c5c(cccc25)-c2ccccc2N4c2ccccc2)O3)cc1. The van der Waals surface area contributed by atoms with Crippen LogP contribution in [0.4, 0.5) is 34.1 Å². The van der Waals surface area contributed by atoms with Crippen molar-refractivity contribution < 1.29 is 9.47 Å². The zero-order valence-electron chi connectivity index (χ0n) is 29.5. The zero-order chi connectivity index (χ0) is 35.8. The number of hydrogen-bond donors (Lipinski definition) is 0. The maximum Gasteiger partial charge on any atom is 0.262 e. The summed E-state index contributed by atoms with van der Waals surface area (Å²) in [4.78, 5) is 4.79. The van der Waals surface area contributed by atoms with E-state index >= 15 is 0 Å². The van der Waals surface area contributed by atoms with Gasteiger partial charge in [0.15, 0.2) is 0 Å². The van der Waals surface area contributed by atoms with Gasteiger partial charge in [-0.25, -0.2) is 0 Å². The fourth-order valence-electron chi connectivity index (χ4n) is 9.90. The molecule has 0 spiro atoms. The summed E-state index contributed by atoms with van der Waals surface area (Å²) in [6, 6.07) is 63.2. The Balaban J connectivity index is 1.14. The van der Waals surface area contributed by atoms with Gasteiger partial charge in [0.05, 0.1) is 22.7 Å². The van der Waals surface area contributed by atoms with Gasteiger partial charge in [0.25, 0.3) is 6.71 Å². The highest BCUT2D eigenvalue weighted by Gasteiger charge is 2.44. The highest BCUT2D eigenvalue weighted by atomic mass is 16.5. The van der Waals surface area contributed by atoms with Gasteiger partial charge in [-0.15, -0.1) is 0 Å². The Morgan fingerprint density at radius 1 is 0.327 bits per heavy atom. The average molecular weight is 701 g/mol. The highest BCUT2D eigenvalue weighted by Crippen LogP contribution is 2.55. The summed E-state index contributed by atoms with van der Waals surface area (Å²) < 4.78 is 14.0. The number of hydrogen-bond acceptors (Lipinski definition) is 4. The maximum atomic E-state index is 7.02. The summed E-state index contributed by atoms with van der Waals surface area (Å²) >= 11 is 0. The predicted octanol–water partition coefficient (Wildman–Crippen LogP) is 11.6.